The molecule has 4 aromatic rings. The highest BCUT2D eigenvalue weighted by Gasteiger charge is 2.50. The van der Waals surface area contributed by atoms with Crippen LogP contribution >= 0.6 is 37.5 Å². The van der Waals surface area contributed by atoms with E-state index in [1.54, 1.807) is 112 Å². The largest absolute Gasteiger partial charge is 0.444 e. The van der Waals surface area contributed by atoms with Gasteiger partial charge in [0.05, 0.1) is 57.0 Å². The van der Waals surface area contributed by atoms with Crippen LogP contribution in [0.2, 0.25) is 0 Å². The first kappa shape index (κ1) is 114. The molecule has 4 aromatic carbocycles. The summed E-state index contributed by atoms with van der Waals surface area (Å²) in [5, 5.41) is 9.64. The van der Waals surface area contributed by atoms with E-state index in [2.05, 4.69) is 56.4 Å². The van der Waals surface area contributed by atoms with E-state index in [0.717, 1.165) is 56.5 Å². The minimum absolute atomic E-state index is 0. The summed E-state index contributed by atoms with van der Waals surface area (Å²) in [5.41, 5.74) is 2.54. The first-order valence-electron chi connectivity index (χ1n) is 44.9. The third-order valence-electron chi connectivity index (χ3n) is 21.5. The van der Waals surface area contributed by atoms with E-state index in [9.17, 15) is 91.1 Å². The molecule has 0 radical (unpaired) electrons. The number of carbonyl (C=O) groups excluding carboxylic acids is 19. The van der Waals surface area contributed by atoms with Gasteiger partial charge in [-0.3, -0.25) is 122 Å². The monoisotopic (exact) mass is 2030 g/mol. The number of carbonyl (C=O) groups is 19. The lowest BCUT2D eigenvalue weighted by atomic mass is 9.92. The molecule has 0 aromatic heterocycles. The standard InChI is InChI=1S/C25H33N3O7.C25H29N3O7.C20H25N3O5.C14H10BrNO4.C12H21NO3.ClH.FH.HOP/c2*1-25(2,3)35-24(33)27(4)13-7-15-34-14-6-9-16-8-5-10-17-20(16)23(32)28(22(17)31)18-11-12-19(29)26-21(18)30;1-21-10-4-12-28-11-3-6-13-5-2-7-14-17(13)20(27)23(19(14)26)15-8-9-16(24)22-18(15)25;15-9-3-1-2-8-12(9)14(20)16(13(8)19)10-5-4-7(17)6-11(10)18;1-6-9-15-10-7-8-13(5)11(14)16-12(2,3)4;;;1-2/h5,8,10,18H,6-7,9,11-15H2,1-4H3,(H,26,29,30);5,8,10,18H,7,11-15H2,1-4H3,(H,26,29,30);2,5,7,15,21H,3-4,6,8-12H2,1H3,(H,22,24,25);1-3,10H,4-6H2;1H,7-10H2,2-5H3;2*1H;2H/i/hT. The van der Waals surface area contributed by atoms with E-state index in [0.29, 0.717) is 136 Å². The summed E-state index contributed by atoms with van der Waals surface area (Å²) in [6.07, 6.45) is 10.3. The lowest BCUT2D eigenvalue weighted by Crippen LogP contribution is -2.54. The molecule has 42 heteroatoms. The van der Waals surface area contributed by atoms with E-state index in [4.69, 9.17) is 48.9 Å². The number of ether oxygens (including phenoxy) is 7. The molecule has 3 saturated heterocycles. The summed E-state index contributed by atoms with van der Waals surface area (Å²) in [6.45, 7) is 22.4. The molecule has 0 spiro atoms. The van der Waals surface area contributed by atoms with Gasteiger partial charge in [-0.05, 0) is 216 Å². The number of aryl methyl sites for hydroxylation is 2. The maximum Gasteiger partial charge on any atom is 0.410 e. The second-order valence-electron chi connectivity index (χ2n) is 35.4. The van der Waals surface area contributed by atoms with Gasteiger partial charge >= 0.3 is 18.3 Å². The second-order valence-corrected chi connectivity index (χ2v) is 36.2. The topological polar surface area (TPSA) is 477 Å². The van der Waals surface area contributed by atoms with Gasteiger partial charge in [0.25, 0.3) is 48.7 Å². The molecular formula is C96H121BrClFN11O27P. The van der Waals surface area contributed by atoms with Gasteiger partial charge < -0.3 is 53.2 Å². The quantitative estimate of drug-likeness (QED) is 0.00942. The van der Waals surface area contributed by atoms with Crippen LogP contribution in [-0.2, 0) is 88.9 Å². The number of terminal acetylenes is 1. The van der Waals surface area contributed by atoms with Crippen molar-refractivity contribution in [3.05, 3.63) is 138 Å². The van der Waals surface area contributed by atoms with E-state index >= 15 is 0 Å². The molecule has 1 saturated carbocycles. The molecule has 4 N–H and O–H groups in total. The van der Waals surface area contributed by atoms with Crippen LogP contribution in [0.15, 0.2) is 77.3 Å². The number of benzene rings is 4. The zero-order chi connectivity index (χ0) is 103. The highest BCUT2D eigenvalue weighted by atomic mass is 79.9. The Balaban J connectivity index is 0.000000311. The number of Topliss-reactive ketones (excluding diaryl/α,β-unsaturated/α-hetero) is 2. The molecule has 1 aliphatic carbocycles. The van der Waals surface area contributed by atoms with E-state index in [1.165, 1.54) is 20.8 Å². The van der Waals surface area contributed by atoms with Crippen molar-refractivity contribution >= 4 is 150 Å². The molecule has 7 heterocycles. The summed E-state index contributed by atoms with van der Waals surface area (Å²) in [6, 6.07) is 16.2. The minimum atomic E-state index is -1.02. The van der Waals surface area contributed by atoms with Crippen LogP contribution in [-0.4, -0.2) is 296 Å². The van der Waals surface area contributed by atoms with Crippen LogP contribution in [0.1, 0.15) is 258 Å². The van der Waals surface area contributed by atoms with E-state index in [1.807, 2.05) is 54.7 Å². The summed E-state index contributed by atoms with van der Waals surface area (Å²) >= 11 is 3.25. The number of ketones is 2. The zero-order valence-electron chi connectivity index (χ0n) is 80.6. The molecule has 4 fully saturated rings. The zero-order valence-corrected chi connectivity index (χ0v) is 83.0. The predicted octanol–water partition coefficient (Wildman–Crippen LogP) is 9.33. The van der Waals surface area contributed by atoms with Gasteiger partial charge in [-0.1, -0.05) is 54.2 Å². The molecule has 17 amide bonds. The lowest BCUT2D eigenvalue weighted by Gasteiger charge is -2.27. The van der Waals surface area contributed by atoms with Crippen molar-refractivity contribution < 1.29 is 134 Å². The van der Waals surface area contributed by atoms with Crippen molar-refractivity contribution in [2.45, 2.75) is 212 Å². The highest BCUT2D eigenvalue weighted by Crippen LogP contribution is 2.37. The Bertz CT molecular complexity index is 5320. The van der Waals surface area contributed by atoms with Crippen LogP contribution in [0, 0.1) is 24.2 Å². The minimum Gasteiger partial charge on any atom is -0.444 e. The maximum absolute atomic E-state index is 13.1. The van der Waals surface area contributed by atoms with Crippen molar-refractivity contribution in [1.29, 1.82) is 1.45 Å². The predicted molar refractivity (Wildman–Crippen MR) is 505 cm³/mol. The summed E-state index contributed by atoms with van der Waals surface area (Å²) in [7, 11) is 8.66. The summed E-state index contributed by atoms with van der Waals surface area (Å²) in [4.78, 5) is 240. The Hall–Kier alpha value is -12.3. The molecule has 7 aliphatic heterocycles. The van der Waals surface area contributed by atoms with Crippen LogP contribution < -0.4 is 21.3 Å². The fourth-order valence-electron chi connectivity index (χ4n) is 15.1. The van der Waals surface area contributed by atoms with Crippen LogP contribution in [0.3, 0.4) is 0 Å². The number of rotatable bonds is 30. The first-order chi connectivity index (χ1) is 65.4. The molecule has 38 nitrogen and oxygen atoms in total. The van der Waals surface area contributed by atoms with Gasteiger partial charge in [0.1, 0.15) is 63.0 Å². The molecule has 748 valence electrons. The van der Waals surface area contributed by atoms with Gasteiger partial charge in [-0.25, -0.2) is 14.4 Å². The highest BCUT2D eigenvalue weighted by molar-refractivity contribution is 9.10. The average Bonchev–Trinajstić information content (AvgIpc) is 1.62. The number of fused-ring (bicyclic) bond motifs is 4. The smallest absolute Gasteiger partial charge is 0.410 e. The van der Waals surface area contributed by atoms with Crippen molar-refractivity contribution in [3.8, 4) is 24.2 Å². The van der Waals surface area contributed by atoms with Gasteiger partial charge in [0.2, 0.25) is 35.4 Å². The fraction of sp³-hybridized carbons (Fsp3) is 0.510. The number of hydrogen-bond acceptors (Lipinski definition) is 28. The van der Waals surface area contributed by atoms with Crippen molar-refractivity contribution in [1.82, 2.24) is 55.6 Å². The Labute approximate surface area is 818 Å². The number of nitrogens with one attached hydrogen (secondary N) is 4. The normalized spacial score (nSPS) is 17.4. The van der Waals surface area contributed by atoms with Gasteiger partial charge in [-0.15, -0.1) is 18.8 Å². The second kappa shape index (κ2) is 54.8. The van der Waals surface area contributed by atoms with Crippen molar-refractivity contribution in [3.63, 3.8) is 0 Å². The van der Waals surface area contributed by atoms with E-state index < -0.39 is 124 Å². The average molecular weight is 2030 g/mol. The Morgan fingerprint density at radius 1 is 0.457 bits per heavy atom. The van der Waals surface area contributed by atoms with Crippen LogP contribution in [0.5, 0.6) is 0 Å². The number of nitrogens with zero attached hydrogens (tertiary/aromatic N) is 7. The molecular weight excluding hydrogens is 1900 g/mol. The Morgan fingerprint density at radius 3 is 1.15 bits per heavy atom. The first-order valence-corrected chi connectivity index (χ1v) is 45.7. The number of halogens is 3. The number of amides is 17. The lowest BCUT2D eigenvalue weighted by molar-refractivity contribution is -0.137. The van der Waals surface area contributed by atoms with Crippen molar-refractivity contribution in [2.75, 3.05) is 107 Å². The SMILES string of the molecule is C#CCOCCCN(C)C(=O)OC(C)(C)C.CN(CCCOCC#Cc1cccc2c1C(=O)N(C1CCC(=O)NC1=O)C2=O)C(=O)OC(C)(C)C.CN(CCCOCCCc1cccc2c1C(=O)N(C1CCC(=O)NC1=O)C2=O)C(=O)OC(C)(C)C.CNCCCOCCCc1cccc2c1C(=O)N(C1CCC(=O)NC1=O)C2=O.Cl.O=C1CCC(N2C(=O)c3cccc(Br)c3C2=O)C(=O)C1.O=P.[3H]F. The van der Waals surface area contributed by atoms with Crippen molar-refractivity contribution in [2.24, 2.45) is 0 Å². The van der Waals surface area contributed by atoms with E-state index in [-0.39, 0.29) is 123 Å². The maximum atomic E-state index is 13.1. The molecule has 0 bridgehead atoms. The Morgan fingerprint density at radius 2 is 0.783 bits per heavy atom. The summed E-state index contributed by atoms with van der Waals surface area (Å²) in [5.74, 6) is 0.468. The number of imide groups is 7. The molecule has 4 unspecified atom stereocenters. The van der Waals surface area contributed by atoms with Crippen LogP contribution in [0.25, 0.3) is 0 Å². The van der Waals surface area contributed by atoms with Crippen LogP contribution in [0.4, 0.5) is 19.1 Å². The fourth-order valence-corrected chi connectivity index (χ4v) is 15.6. The molecule has 138 heavy (non-hydrogen) atoms. The molecule has 12 rings (SSSR count). The third kappa shape index (κ3) is 32.7. The molecule has 8 aliphatic rings. The summed E-state index contributed by atoms with van der Waals surface area (Å²) < 4.78 is 59.2. The van der Waals surface area contributed by atoms with Gasteiger partial charge in [0.15, 0.2) is 5.78 Å². The van der Waals surface area contributed by atoms with Gasteiger partial charge in [-0.2, -0.15) is 0 Å². The van der Waals surface area contributed by atoms with Gasteiger partial charge in [0, 0.05) is 116 Å². The molecule has 4 atom stereocenters. The number of piperidine rings is 3. The third-order valence-corrected chi connectivity index (χ3v) is 22.1. The Kier molecular flexibility index (Phi) is 45.4. The number of hydrogen-bond donors (Lipinski definition) is 4.